The molecule has 0 saturated carbocycles. The minimum Gasteiger partial charge on any atom is -0.497 e. The summed E-state index contributed by atoms with van der Waals surface area (Å²) < 4.78 is 5.06. The molecule has 0 aliphatic rings. The molecule has 0 aromatic heterocycles. The predicted molar refractivity (Wildman–Crippen MR) is 81.8 cm³/mol. The van der Waals surface area contributed by atoms with Gasteiger partial charge in [0.15, 0.2) is 0 Å². The highest BCUT2D eigenvalue weighted by Crippen LogP contribution is 2.21. The first-order valence-electron chi connectivity index (χ1n) is 6.06. The molecule has 5 heteroatoms. The smallest absolute Gasteiger partial charge is 0.323 e. The Morgan fingerprint density at radius 1 is 1.10 bits per heavy atom. The molecular formula is C15H15ClN2O2. The zero-order chi connectivity index (χ0) is 14.5. The maximum atomic E-state index is 11.9. The van der Waals surface area contributed by atoms with Gasteiger partial charge in [-0.2, -0.15) is 0 Å². The Morgan fingerprint density at radius 3 is 2.45 bits per heavy atom. The lowest BCUT2D eigenvalue weighted by Gasteiger charge is -2.10. The average molecular weight is 291 g/mol. The Balaban J connectivity index is 2.03. The van der Waals surface area contributed by atoms with Gasteiger partial charge >= 0.3 is 6.03 Å². The van der Waals surface area contributed by atoms with Crippen LogP contribution >= 0.6 is 11.6 Å². The number of carbonyl (C=O) groups is 1. The van der Waals surface area contributed by atoms with E-state index in [2.05, 4.69) is 10.6 Å². The van der Waals surface area contributed by atoms with Crippen LogP contribution in [0.1, 0.15) is 5.56 Å². The summed E-state index contributed by atoms with van der Waals surface area (Å²) in [5.41, 5.74) is 2.31. The number of ether oxygens (including phenoxy) is 1. The number of hydrogen-bond acceptors (Lipinski definition) is 2. The molecular weight excluding hydrogens is 276 g/mol. The van der Waals surface area contributed by atoms with Crippen molar-refractivity contribution in [2.45, 2.75) is 6.92 Å². The fourth-order valence-corrected chi connectivity index (χ4v) is 1.86. The maximum Gasteiger partial charge on any atom is 0.323 e. The Kier molecular flexibility index (Phi) is 4.48. The summed E-state index contributed by atoms with van der Waals surface area (Å²) in [5, 5.41) is 6.08. The summed E-state index contributed by atoms with van der Waals surface area (Å²) in [6, 6.07) is 12.1. The van der Waals surface area contributed by atoms with Crippen molar-refractivity contribution in [1.82, 2.24) is 0 Å². The third kappa shape index (κ3) is 3.65. The van der Waals surface area contributed by atoms with Crippen molar-refractivity contribution in [3.05, 3.63) is 53.1 Å². The molecule has 20 heavy (non-hydrogen) atoms. The van der Waals surface area contributed by atoms with Gasteiger partial charge in [-0.05, 0) is 48.9 Å². The van der Waals surface area contributed by atoms with Crippen molar-refractivity contribution >= 4 is 29.0 Å². The van der Waals surface area contributed by atoms with E-state index in [0.29, 0.717) is 16.4 Å². The van der Waals surface area contributed by atoms with E-state index in [0.717, 1.165) is 11.3 Å². The summed E-state index contributed by atoms with van der Waals surface area (Å²) in [4.78, 5) is 11.9. The molecule has 0 fully saturated rings. The molecule has 4 nitrogen and oxygen atoms in total. The summed E-state index contributed by atoms with van der Waals surface area (Å²) in [5.74, 6) is 0.738. The second-order valence-electron chi connectivity index (χ2n) is 4.27. The SMILES string of the molecule is COc1ccc(NC(=O)Nc2cc(Cl)ccc2C)cc1. The second-order valence-corrected chi connectivity index (χ2v) is 4.70. The van der Waals surface area contributed by atoms with E-state index in [1.807, 2.05) is 13.0 Å². The van der Waals surface area contributed by atoms with Crippen LogP contribution in [0.4, 0.5) is 16.2 Å². The Labute approximate surface area is 122 Å². The van der Waals surface area contributed by atoms with Crippen LogP contribution < -0.4 is 15.4 Å². The van der Waals surface area contributed by atoms with Gasteiger partial charge in [-0.15, -0.1) is 0 Å². The average Bonchev–Trinajstić information content (AvgIpc) is 2.43. The molecule has 2 aromatic rings. The zero-order valence-electron chi connectivity index (χ0n) is 11.2. The molecule has 0 spiro atoms. The molecule has 0 saturated heterocycles. The molecule has 0 bridgehead atoms. The number of aryl methyl sites for hydroxylation is 1. The number of halogens is 1. The van der Waals surface area contributed by atoms with Crippen LogP contribution in [0.3, 0.4) is 0 Å². The van der Waals surface area contributed by atoms with E-state index < -0.39 is 0 Å². The van der Waals surface area contributed by atoms with Crippen LogP contribution in [-0.2, 0) is 0 Å². The number of nitrogens with one attached hydrogen (secondary N) is 2. The first kappa shape index (κ1) is 14.2. The van der Waals surface area contributed by atoms with Crippen molar-refractivity contribution in [3.8, 4) is 5.75 Å². The first-order valence-corrected chi connectivity index (χ1v) is 6.44. The van der Waals surface area contributed by atoms with Gasteiger partial charge in [-0.3, -0.25) is 0 Å². The van der Waals surface area contributed by atoms with Crippen LogP contribution in [0.5, 0.6) is 5.75 Å². The van der Waals surface area contributed by atoms with Crippen LogP contribution in [0.2, 0.25) is 5.02 Å². The minimum absolute atomic E-state index is 0.319. The molecule has 0 unspecified atom stereocenters. The monoisotopic (exact) mass is 290 g/mol. The molecule has 0 radical (unpaired) electrons. The number of urea groups is 1. The van der Waals surface area contributed by atoms with Crippen molar-refractivity contribution in [1.29, 1.82) is 0 Å². The molecule has 2 N–H and O–H groups in total. The largest absolute Gasteiger partial charge is 0.497 e. The first-order chi connectivity index (χ1) is 9.58. The van der Waals surface area contributed by atoms with Gasteiger partial charge in [-0.25, -0.2) is 4.79 Å². The summed E-state index contributed by atoms with van der Waals surface area (Å²) >= 11 is 5.91. The number of methoxy groups -OCH3 is 1. The van der Waals surface area contributed by atoms with Gasteiger partial charge in [0.25, 0.3) is 0 Å². The van der Waals surface area contributed by atoms with E-state index in [4.69, 9.17) is 16.3 Å². The van der Waals surface area contributed by atoms with Crippen LogP contribution in [0, 0.1) is 6.92 Å². The normalized spacial score (nSPS) is 9.95. The zero-order valence-corrected chi connectivity index (χ0v) is 12.0. The van der Waals surface area contributed by atoms with E-state index in [9.17, 15) is 4.79 Å². The second kappa shape index (κ2) is 6.30. The lowest BCUT2D eigenvalue weighted by molar-refractivity contribution is 0.262. The van der Waals surface area contributed by atoms with Crippen molar-refractivity contribution in [2.75, 3.05) is 17.7 Å². The summed E-state index contributed by atoms with van der Waals surface area (Å²) in [7, 11) is 1.59. The number of amides is 2. The lowest BCUT2D eigenvalue weighted by Crippen LogP contribution is -2.19. The van der Waals surface area contributed by atoms with Crippen molar-refractivity contribution in [3.63, 3.8) is 0 Å². The van der Waals surface area contributed by atoms with E-state index in [-0.39, 0.29) is 6.03 Å². The van der Waals surface area contributed by atoms with Crippen LogP contribution in [-0.4, -0.2) is 13.1 Å². The molecule has 2 amide bonds. The lowest BCUT2D eigenvalue weighted by atomic mass is 10.2. The topological polar surface area (TPSA) is 50.4 Å². The number of anilines is 2. The standard InChI is InChI=1S/C15H15ClN2O2/c1-10-3-4-11(16)9-14(10)18-15(19)17-12-5-7-13(20-2)8-6-12/h3-9H,1-2H3,(H2,17,18,19). The number of carbonyl (C=O) groups excluding carboxylic acids is 1. The summed E-state index contributed by atoms with van der Waals surface area (Å²) in [6.45, 7) is 1.90. The quantitative estimate of drug-likeness (QED) is 0.885. The van der Waals surface area contributed by atoms with E-state index in [1.54, 1.807) is 43.5 Å². The van der Waals surface area contributed by atoms with Gasteiger partial charge in [0.1, 0.15) is 5.75 Å². The summed E-state index contributed by atoms with van der Waals surface area (Å²) in [6.07, 6.45) is 0. The number of rotatable bonds is 3. The van der Waals surface area contributed by atoms with Gasteiger partial charge in [0.05, 0.1) is 7.11 Å². The maximum absolute atomic E-state index is 11.9. The number of hydrogen-bond donors (Lipinski definition) is 2. The molecule has 0 aliphatic carbocycles. The van der Waals surface area contributed by atoms with Gasteiger partial charge in [0.2, 0.25) is 0 Å². The van der Waals surface area contributed by atoms with Crippen LogP contribution in [0.15, 0.2) is 42.5 Å². The Bertz CT molecular complexity index is 612. The third-order valence-corrected chi connectivity index (χ3v) is 3.03. The van der Waals surface area contributed by atoms with Gasteiger partial charge in [-0.1, -0.05) is 17.7 Å². The van der Waals surface area contributed by atoms with Crippen molar-refractivity contribution in [2.24, 2.45) is 0 Å². The predicted octanol–water partition coefficient (Wildman–Crippen LogP) is 4.30. The fraction of sp³-hybridized carbons (Fsp3) is 0.133. The molecule has 2 aromatic carbocycles. The third-order valence-electron chi connectivity index (χ3n) is 2.80. The van der Waals surface area contributed by atoms with Crippen LogP contribution in [0.25, 0.3) is 0 Å². The molecule has 0 atom stereocenters. The number of benzene rings is 2. The van der Waals surface area contributed by atoms with Crippen molar-refractivity contribution < 1.29 is 9.53 Å². The van der Waals surface area contributed by atoms with E-state index in [1.165, 1.54) is 0 Å². The fourth-order valence-electron chi connectivity index (χ4n) is 1.69. The highest BCUT2D eigenvalue weighted by atomic mass is 35.5. The molecule has 0 heterocycles. The molecule has 2 rings (SSSR count). The van der Waals surface area contributed by atoms with Gasteiger partial charge < -0.3 is 15.4 Å². The Morgan fingerprint density at radius 2 is 1.80 bits per heavy atom. The minimum atomic E-state index is -0.319. The van der Waals surface area contributed by atoms with Gasteiger partial charge in [0, 0.05) is 16.4 Å². The highest BCUT2D eigenvalue weighted by Gasteiger charge is 2.05. The highest BCUT2D eigenvalue weighted by molar-refractivity contribution is 6.31. The molecule has 0 aliphatic heterocycles. The molecule has 104 valence electrons. The Hall–Kier alpha value is -2.20. The van der Waals surface area contributed by atoms with E-state index >= 15 is 0 Å².